The SMILES string of the molecule is O=C(CN1CCN(c2cnccn2)CC1)Nc1ccc(Cl)cc1. The van der Waals surface area contributed by atoms with Crippen molar-refractivity contribution in [3.63, 3.8) is 0 Å². The van der Waals surface area contributed by atoms with Crippen LogP contribution in [0.1, 0.15) is 0 Å². The van der Waals surface area contributed by atoms with Gasteiger partial charge in [0.05, 0.1) is 12.7 Å². The van der Waals surface area contributed by atoms with Crippen molar-refractivity contribution in [2.24, 2.45) is 0 Å². The lowest BCUT2D eigenvalue weighted by molar-refractivity contribution is -0.117. The highest BCUT2D eigenvalue weighted by molar-refractivity contribution is 6.30. The van der Waals surface area contributed by atoms with Crippen LogP contribution in [0.2, 0.25) is 5.02 Å². The van der Waals surface area contributed by atoms with E-state index in [-0.39, 0.29) is 5.91 Å². The molecule has 1 aromatic carbocycles. The molecule has 6 nitrogen and oxygen atoms in total. The van der Waals surface area contributed by atoms with Crippen LogP contribution in [-0.4, -0.2) is 53.5 Å². The van der Waals surface area contributed by atoms with Crippen LogP contribution in [0, 0.1) is 0 Å². The number of benzene rings is 1. The number of hydrogen-bond acceptors (Lipinski definition) is 5. The Hall–Kier alpha value is -2.18. The molecule has 1 saturated heterocycles. The predicted molar refractivity (Wildman–Crippen MR) is 90.8 cm³/mol. The van der Waals surface area contributed by atoms with Gasteiger partial charge in [0.2, 0.25) is 5.91 Å². The summed E-state index contributed by atoms with van der Waals surface area (Å²) < 4.78 is 0. The monoisotopic (exact) mass is 331 g/mol. The molecule has 7 heteroatoms. The molecule has 0 aliphatic carbocycles. The van der Waals surface area contributed by atoms with Crippen LogP contribution in [0.4, 0.5) is 11.5 Å². The van der Waals surface area contributed by atoms with Gasteiger partial charge in [-0.3, -0.25) is 14.7 Å². The lowest BCUT2D eigenvalue weighted by atomic mass is 10.3. The Kier molecular flexibility index (Phi) is 5.05. The molecule has 1 amide bonds. The second-order valence-corrected chi connectivity index (χ2v) is 5.82. The quantitative estimate of drug-likeness (QED) is 0.927. The van der Waals surface area contributed by atoms with E-state index >= 15 is 0 Å². The fourth-order valence-corrected chi connectivity index (χ4v) is 2.65. The number of rotatable bonds is 4. The molecule has 1 aliphatic heterocycles. The van der Waals surface area contributed by atoms with Gasteiger partial charge in [0.1, 0.15) is 5.82 Å². The summed E-state index contributed by atoms with van der Waals surface area (Å²) >= 11 is 5.83. The van der Waals surface area contributed by atoms with Crippen molar-refractivity contribution < 1.29 is 4.79 Å². The van der Waals surface area contributed by atoms with Crippen molar-refractivity contribution in [1.29, 1.82) is 0 Å². The topological polar surface area (TPSA) is 61.4 Å². The van der Waals surface area contributed by atoms with Crippen molar-refractivity contribution in [3.05, 3.63) is 47.9 Å². The van der Waals surface area contributed by atoms with Crippen molar-refractivity contribution >= 4 is 29.0 Å². The summed E-state index contributed by atoms with van der Waals surface area (Å²) in [5.74, 6) is 0.873. The fourth-order valence-electron chi connectivity index (χ4n) is 2.53. The van der Waals surface area contributed by atoms with Gasteiger partial charge in [0, 0.05) is 49.3 Å². The van der Waals surface area contributed by atoms with Crippen molar-refractivity contribution in [2.75, 3.05) is 42.9 Å². The zero-order valence-corrected chi connectivity index (χ0v) is 13.4. The van der Waals surface area contributed by atoms with Gasteiger partial charge in [-0.05, 0) is 24.3 Å². The molecule has 0 unspecified atom stereocenters. The van der Waals surface area contributed by atoms with Crippen LogP contribution in [0.25, 0.3) is 0 Å². The molecule has 0 bridgehead atoms. The third-order valence-corrected chi connectivity index (χ3v) is 3.99. The second kappa shape index (κ2) is 7.39. The van der Waals surface area contributed by atoms with Crippen LogP contribution >= 0.6 is 11.6 Å². The highest BCUT2D eigenvalue weighted by atomic mass is 35.5. The Morgan fingerprint density at radius 2 is 1.87 bits per heavy atom. The van der Waals surface area contributed by atoms with Crippen molar-refractivity contribution in [2.45, 2.75) is 0 Å². The lowest BCUT2D eigenvalue weighted by Crippen LogP contribution is -2.48. The molecule has 1 fully saturated rings. The average molecular weight is 332 g/mol. The first-order chi connectivity index (χ1) is 11.2. The Balaban J connectivity index is 1.47. The van der Waals surface area contributed by atoms with Gasteiger partial charge in [-0.2, -0.15) is 0 Å². The average Bonchev–Trinajstić information content (AvgIpc) is 2.58. The predicted octanol–water partition coefficient (Wildman–Crippen LogP) is 1.89. The van der Waals surface area contributed by atoms with Crippen LogP contribution in [0.3, 0.4) is 0 Å². The molecule has 2 aromatic rings. The fraction of sp³-hybridized carbons (Fsp3) is 0.312. The van der Waals surface area contributed by atoms with E-state index in [2.05, 4.69) is 25.1 Å². The zero-order valence-electron chi connectivity index (χ0n) is 12.7. The molecule has 1 N–H and O–H groups in total. The largest absolute Gasteiger partial charge is 0.353 e. The Morgan fingerprint density at radius 1 is 1.13 bits per heavy atom. The van der Waals surface area contributed by atoms with Crippen molar-refractivity contribution in [1.82, 2.24) is 14.9 Å². The van der Waals surface area contributed by atoms with E-state index in [0.29, 0.717) is 11.6 Å². The first-order valence-electron chi connectivity index (χ1n) is 7.49. The number of anilines is 2. The summed E-state index contributed by atoms with van der Waals surface area (Å²) in [5, 5.41) is 3.54. The second-order valence-electron chi connectivity index (χ2n) is 5.38. The van der Waals surface area contributed by atoms with Crippen molar-refractivity contribution in [3.8, 4) is 0 Å². The number of amides is 1. The van der Waals surface area contributed by atoms with E-state index in [0.717, 1.165) is 37.7 Å². The summed E-state index contributed by atoms with van der Waals surface area (Å²) in [5.41, 5.74) is 0.762. The highest BCUT2D eigenvalue weighted by Gasteiger charge is 2.19. The third-order valence-electron chi connectivity index (χ3n) is 3.74. The summed E-state index contributed by atoms with van der Waals surface area (Å²) in [7, 11) is 0. The van der Waals surface area contributed by atoms with Gasteiger partial charge in [-0.1, -0.05) is 11.6 Å². The molecule has 0 spiro atoms. The van der Waals surface area contributed by atoms with E-state index < -0.39 is 0 Å². The maximum Gasteiger partial charge on any atom is 0.238 e. The van der Waals surface area contributed by atoms with E-state index in [4.69, 9.17) is 11.6 Å². The van der Waals surface area contributed by atoms with Gasteiger partial charge in [-0.15, -0.1) is 0 Å². The van der Waals surface area contributed by atoms with Gasteiger partial charge in [-0.25, -0.2) is 4.98 Å². The standard InChI is InChI=1S/C16H18ClN5O/c17-13-1-3-14(4-2-13)20-16(23)12-21-7-9-22(10-8-21)15-11-18-5-6-19-15/h1-6,11H,7-10,12H2,(H,20,23). The first kappa shape index (κ1) is 15.7. The maximum absolute atomic E-state index is 12.1. The first-order valence-corrected chi connectivity index (χ1v) is 7.87. The number of nitrogens with one attached hydrogen (secondary N) is 1. The molecule has 3 rings (SSSR count). The minimum Gasteiger partial charge on any atom is -0.353 e. The molecular weight excluding hydrogens is 314 g/mol. The number of aromatic nitrogens is 2. The summed E-state index contributed by atoms with van der Waals surface area (Å²) in [6, 6.07) is 7.12. The summed E-state index contributed by atoms with van der Waals surface area (Å²) in [4.78, 5) is 24.8. The minimum absolute atomic E-state index is 0.0136. The molecule has 2 heterocycles. The van der Waals surface area contributed by atoms with E-state index in [1.807, 2.05) is 0 Å². The number of carbonyl (C=O) groups excluding carboxylic acids is 1. The van der Waals surface area contributed by atoms with E-state index in [1.165, 1.54) is 0 Å². The third kappa shape index (κ3) is 4.40. The van der Waals surface area contributed by atoms with Crippen LogP contribution in [0.5, 0.6) is 0 Å². The number of nitrogens with zero attached hydrogens (tertiary/aromatic N) is 4. The van der Waals surface area contributed by atoms with Gasteiger partial charge < -0.3 is 10.2 Å². The van der Waals surface area contributed by atoms with Crippen LogP contribution in [0.15, 0.2) is 42.9 Å². The zero-order chi connectivity index (χ0) is 16.1. The van der Waals surface area contributed by atoms with E-state index in [9.17, 15) is 4.79 Å². The maximum atomic E-state index is 12.1. The van der Waals surface area contributed by atoms with Gasteiger partial charge in [0.15, 0.2) is 0 Å². The van der Waals surface area contributed by atoms with E-state index in [1.54, 1.807) is 42.9 Å². The van der Waals surface area contributed by atoms with Crippen LogP contribution < -0.4 is 10.2 Å². The minimum atomic E-state index is -0.0136. The molecule has 1 aliphatic rings. The summed E-state index contributed by atoms with van der Waals surface area (Å²) in [6.45, 7) is 3.71. The van der Waals surface area contributed by atoms with Crippen LogP contribution in [-0.2, 0) is 4.79 Å². The Bertz CT molecular complexity index is 641. The number of piperazine rings is 1. The molecule has 120 valence electrons. The molecule has 23 heavy (non-hydrogen) atoms. The molecule has 0 saturated carbocycles. The molecule has 0 atom stereocenters. The Labute approximate surface area is 140 Å². The molecule has 0 radical (unpaired) electrons. The summed E-state index contributed by atoms with van der Waals surface area (Å²) in [6.07, 6.45) is 5.13. The number of hydrogen-bond donors (Lipinski definition) is 1. The number of carbonyl (C=O) groups is 1. The normalized spacial score (nSPS) is 15.4. The highest BCUT2D eigenvalue weighted by Crippen LogP contribution is 2.14. The lowest BCUT2D eigenvalue weighted by Gasteiger charge is -2.34. The smallest absolute Gasteiger partial charge is 0.238 e. The number of halogens is 1. The molecule has 1 aromatic heterocycles. The van der Waals surface area contributed by atoms with Gasteiger partial charge >= 0.3 is 0 Å². The molecular formula is C16H18ClN5O. The van der Waals surface area contributed by atoms with Gasteiger partial charge in [0.25, 0.3) is 0 Å². The Morgan fingerprint density at radius 3 is 2.52 bits per heavy atom.